The van der Waals surface area contributed by atoms with Crippen LogP contribution in [0.2, 0.25) is 5.02 Å². The second-order valence-electron chi connectivity index (χ2n) is 7.20. The van der Waals surface area contributed by atoms with Crippen molar-refractivity contribution in [1.82, 2.24) is 0 Å². The number of amides is 2. The van der Waals surface area contributed by atoms with Gasteiger partial charge in [-0.05, 0) is 48.3 Å². The van der Waals surface area contributed by atoms with Gasteiger partial charge in [0.25, 0.3) is 0 Å². The first kappa shape index (κ1) is 14.2. The van der Waals surface area contributed by atoms with E-state index in [4.69, 9.17) is 11.6 Å². The fourth-order valence-electron chi connectivity index (χ4n) is 5.15. The lowest BCUT2D eigenvalue weighted by atomic mass is 9.85. The van der Waals surface area contributed by atoms with Crippen LogP contribution >= 0.6 is 11.6 Å². The van der Waals surface area contributed by atoms with Crippen LogP contribution in [0.25, 0.3) is 0 Å². The van der Waals surface area contributed by atoms with Gasteiger partial charge in [0.05, 0.1) is 28.1 Å². The molecule has 2 bridgehead atoms. The number of carbonyl (C=O) groups is 3. The molecule has 1 spiro atoms. The Morgan fingerprint density at radius 1 is 1.12 bits per heavy atom. The first-order valence-electron chi connectivity index (χ1n) is 8.05. The molecule has 6 heteroatoms. The van der Waals surface area contributed by atoms with Crippen molar-refractivity contribution in [2.75, 3.05) is 4.90 Å². The van der Waals surface area contributed by atoms with Gasteiger partial charge < -0.3 is 5.11 Å². The molecule has 1 aromatic rings. The Morgan fingerprint density at radius 2 is 1.71 bits per heavy atom. The number of halogens is 1. The van der Waals surface area contributed by atoms with Gasteiger partial charge >= 0.3 is 5.97 Å². The van der Waals surface area contributed by atoms with E-state index >= 15 is 0 Å². The quantitative estimate of drug-likeness (QED) is 0.662. The molecule has 0 unspecified atom stereocenters. The number of hydrogen-bond donors (Lipinski definition) is 1. The Morgan fingerprint density at radius 3 is 2.21 bits per heavy atom. The molecule has 1 N–H and O–H groups in total. The number of anilines is 1. The van der Waals surface area contributed by atoms with Gasteiger partial charge in [-0.25, -0.2) is 9.69 Å². The monoisotopic (exact) mass is 343 g/mol. The number of carboxylic acids is 1. The molecule has 5 rings (SSSR count). The van der Waals surface area contributed by atoms with Crippen molar-refractivity contribution >= 4 is 35.1 Å². The predicted octanol–water partition coefficient (Wildman–Crippen LogP) is 2.74. The summed E-state index contributed by atoms with van der Waals surface area (Å²) < 4.78 is 0. The Balaban J connectivity index is 1.56. The molecule has 3 aliphatic carbocycles. The van der Waals surface area contributed by atoms with Crippen molar-refractivity contribution < 1.29 is 19.5 Å². The summed E-state index contributed by atoms with van der Waals surface area (Å²) in [5, 5.41) is 9.30. The van der Waals surface area contributed by atoms with Gasteiger partial charge in [-0.2, -0.15) is 0 Å². The second-order valence-corrected chi connectivity index (χ2v) is 7.61. The van der Waals surface area contributed by atoms with Crippen LogP contribution in [0, 0.1) is 29.1 Å². The van der Waals surface area contributed by atoms with Crippen LogP contribution in [0.1, 0.15) is 23.2 Å². The maximum absolute atomic E-state index is 13.0. The number of hydrogen-bond acceptors (Lipinski definition) is 3. The van der Waals surface area contributed by atoms with E-state index < -0.39 is 5.97 Å². The fraction of sp³-hybridized carbons (Fsp3) is 0.389. The molecule has 3 fully saturated rings. The van der Waals surface area contributed by atoms with Crippen molar-refractivity contribution in [3.05, 3.63) is 40.9 Å². The predicted molar refractivity (Wildman–Crippen MR) is 85.7 cm³/mol. The highest BCUT2D eigenvalue weighted by molar-refractivity contribution is 6.34. The number of aromatic carboxylic acids is 1. The van der Waals surface area contributed by atoms with E-state index in [0.29, 0.717) is 5.69 Å². The Hall–Kier alpha value is -2.14. The van der Waals surface area contributed by atoms with Crippen molar-refractivity contribution in [2.24, 2.45) is 29.1 Å². The molecule has 24 heavy (non-hydrogen) atoms. The summed E-state index contributed by atoms with van der Waals surface area (Å²) in [4.78, 5) is 38.4. The zero-order chi connectivity index (χ0) is 16.8. The first-order valence-corrected chi connectivity index (χ1v) is 8.42. The van der Waals surface area contributed by atoms with Crippen LogP contribution in [0.3, 0.4) is 0 Å². The summed E-state index contributed by atoms with van der Waals surface area (Å²) in [6.45, 7) is 0. The number of carboxylic acid groups (broad SMARTS) is 1. The van der Waals surface area contributed by atoms with E-state index in [-0.39, 0.29) is 51.5 Å². The molecular weight excluding hydrogens is 330 g/mol. The third kappa shape index (κ3) is 1.49. The summed E-state index contributed by atoms with van der Waals surface area (Å²) in [5.74, 6) is -1.86. The topological polar surface area (TPSA) is 74.7 Å². The minimum absolute atomic E-state index is 0.0872. The largest absolute Gasteiger partial charge is 0.478 e. The molecule has 4 aliphatic rings. The van der Waals surface area contributed by atoms with E-state index in [9.17, 15) is 19.5 Å². The molecule has 0 radical (unpaired) electrons. The zero-order valence-electron chi connectivity index (χ0n) is 12.6. The molecule has 4 atom stereocenters. The Kier molecular flexibility index (Phi) is 2.53. The standard InChI is InChI=1S/C18H14ClNO4/c19-12-4-1-8(7-9(12)17(23)24)20-15(21)13-10-2-3-11(14(13)16(20)22)18(10)5-6-18/h1-4,7,10-11,13-14H,5-6H2,(H,23,24)/t10-,11+,13-,14-/m0/s1. The van der Waals surface area contributed by atoms with E-state index in [1.165, 1.54) is 23.1 Å². The smallest absolute Gasteiger partial charge is 0.337 e. The van der Waals surface area contributed by atoms with Gasteiger partial charge in [0.2, 0.25) is 11.8 Å². The average molecular weight is 344 g/mol. The molecule has 122 valence electrons. The molecule has 2 saturated carbocycles. The second kappa shape index (κ2) is 4.28. The van der Waals surface area contributed by atoms with Crippen LogP contribution in [-0.4, -0.2) is 22.9 Å². The number of rotatable bonds is 2. The van der Waals surface area contributed by atoms with Gasteiger partial charge in [-0.15, -0.1) is 0 Å². The van der Waals surface area contributed by atoms with Crippen molar-refractivity contribution in [3.8, 4) is 0 Å². The third-order valence-electron chi connectivity index (χ3n) is 6.29. The maximum atomic E-state index is 13.0. The van der Waals surface area contributed by atoms with Crippen molar-refractivity contribution in [2.45, 2.75) is 12.8 Å². The van der Waals surface area contributed by atoms with Crippen LogP contribution in [-0.2, 0) is 9.59 Å². The van der Waals surface area contributed by atoms with Crippen LogP contribution in [0.15, 0.2) is 30.4 Å². The fourth-order valence-corrected chi connectivity index (χ4v) is 5.35. The van der Waals surface area contributed by atoms with Gasteiger partial charge in [0.1, 0.15) is 0 Å². The summed E-state index contributed by atoms with van der Waals surface area (Å²) in [6, 6.07) is 4.27. The first-order chi connectivity index (χ1) is 11.5. The molecule has 1 heterocycles. The van der Waals surface area contributed by atoms with Gasteiger partial charge in [-0.1, -0.05) is 23.8 Å². The SMILES string of the molecule is O=C(O)c1cc(N2C(=O)[C@@H]3[C@@H](C2=O)[C@@H]2C=C[C@H]3C23CC3)ccc1Cl. The molecule has 0 aromatic heterocycles. The molecule has 1 aromatic carbocycles. The average Bonchev–Trinajstić information content (AvgIpc) is 3.14. The number of allylic oxidation sites excluding steroid dienone is 2. The van der Waals surface area contributed by atoms with Gasteiger partial charge in [-0.3, -0.25) is 9.59 Å². The molecule has 5 nitrogen and oxygen atoms in total. The number of benzene rings is 1. The summed E-state index contributed by atoms with van der Waals surface area (Å²) in [5.41, 5.74) is 0.343. The lowest BCUT2D eigenvalue weighted by Crippen LogP contribution is -2.34. The number of fused-ring (bicyclic) bond motifs is 3. The van der Waals surface area contributed by atoms with Crippen molar-refractivity contribution in [1.29, 1.82) is 0 Å². The third-order valence-corrected chi connectivity index (χ3v) is 6.62. The van der Waals surface area contributed by atoms with Crippen LogP contribution in [0.4, 0.5) is 5.69 Å². The van der Waals surface area contributed by atoms with E-state index in [2.05, 4.69) is 12.2 Å². The molecular formula is C18H14ClNO4. The van der Waals surface area contributed by atoms with E-state index in [1.807, 2.05) is 0 Å². The minimum atomic E-state index is -1.18. The normalized spacial score (nSPS) is 34.3. The highest BCUT2D eigenvalue weighted by Gasteiger charge is 2.73. The molecule has 1 saturated heterocycles. The number of nitrogens with zero attached hydrogens (tertiary/aromatic N) is 1. The lowest BCUT2D eigenvalue weighted by molar-refractivity contribution is -0.123. The Bertz CT molecular complexity index is 823. The molecule has 2 amide bonds. The highest BCUT2D eigenvalue weighted by atomic mass is 35.5. The van der Waals surface area contributed by atoms with E-state index in [0.717, 1.165) is 12.8 Å². The summed E-state index contributed by atoms with van der Waals surface area (Å²) >= 11 is 5.89. The lowest BCUT2D eigenvalue weighted by Gasteiger charge is -2.22. The van der Waals surface area contributed by atoms with Gasteiger partial charge in [0.15, 0.2) is 0 Å². The maximum Gasteiger partial charge on any atom is 0.337 e. The highest BCUT2D eigenvalue weighted by Crippen LogP contribution is 2.73. The Labute approximate surface area is 142 Å². The molecule has 1 aliphatic heterocycles. The number of imide groups is 1. The van der Waals surface area contributed by atoms with Gasteiger partial charge in [0, 0.05) is 0 Å². The minimum Gasteiger partial charge on any atom is -0.478 e. The van der Waals surface area contributed by atoms with Crippen LogP contribution < -0.4 is 4.90 Å². The van der Waals surface area contributed by atoms with Crippen LogP contribution in [0.5, 0.6) is 0 Å². The summed E-state index contributed by atoms with van der Waals surface area (Å²) in [7, 11) is 0. The van der Waals surface area contributed by atoms with E-state index in [1.54, 1.807) is 0 Å². The summed E-state index contributed by atoms with van der Waals surface area (Å²) in [6.07, 6.45) is 6.40. The number of carbonyl (C=O) groups excluding carboxylic acids is 2. The van der Waals surface area contributed by atoms with Crippen molar-refractivity contribution in [3.63, 3.8) is 0 Å². The zero-order valence-corrected chi connectivity index (χ0v) is 13.4.